The van der Waals surface area contributed by atoms with Crippen LogP contribution in [0.15, 0.2) is 27.8 Å². The normalized spacial score (nSPS) is 25.5. The van der Waals surface area contributed by atoms with E-state index in [0.717, 1.165) is 31.6 Å². The topological polar surface area (TPSA) is 92.9 Å². The molecule has 9 heteroatoms. The highest BCUT2D eigenvalue weighted by molar-refractivity contribution is 14.0. The Hall–Kier alpha value is -0.810. The van der Waals surface area contributed by atoms with Crippen molar-refractivity contribution in [1.29, 1.82) is 0 Å². The number of guanidine groups is 1. The Morgan fingerprint density at radius 3 is 2.85 bits per heavy atom. The Labute approximate surface area is 172 Å². The molecule has 0 amide bonds. The number of ether oxygens (including phenoxy) is 1. The van der Waals surface area contributed by atoms with Crippen LogP contribution in [0.1, 0.15) is 31.4 Å². The molecule has 0 saturated carbocycles. The highest BCUT2D eigenvalue weighted by Crippen LogP contribution is 2.13. The Bertz CT molecular complexity index is 658. The van der Waals surface area contributed by atoms with E-state index in [1.807, 2.05) is 12.1 Å². The fourth-order valence-electron chi connectivity index (χ4n) is 3.16. The molecule has 2 saturated heterocycles. The lowest BCUT2D eigenvalue weighted by Gasteiger charge is -2.22. The standard InChI is InChI=1S/C17H27N3O4S.HI/c21-25(22)11-7-14(13-25)20-17(18-8-6-15-5-3-10-23-15)19-12-16-4-1-2-9-24-16;/h3,5,10,14,16H,1-2,4,6-9,11-13H2,(H2,18,19,20);1H. The maximum absolute atomic E-state index is 11.7. The van der Waals surface area contributed by atoms with E-state index in [4.69, 9.17) is 9.15 Å². The van der Waals surface area contributed by atoms with E-state index < -0.39 is 9.84 Å². The molecule has 2 fully saturated rings. The van der Waals surface area contributed by atoms with Crippen LogP contribution in [0.5, 0.6) is 0 Å². The van der Waals surface area contributed by atoms with Crippen molar-refractivity contribution in [3.8, 4) is 0 Å². The number of sulfone groups is 1. The monoisotopic (exact) mass is 497 g/mol. The molecular weight excluding hydrogens is 469 g/mol. The second-order valence-corrected chi connectivity index (χ2v) is 8.91. The first kappa shape index (κ1) is 21.5. The molecule has 7 nitrogen and oxygen atoms in total. The predicted octanol–water partition coefficient (Wildman–Crippen LogP) is 1.73. The van der Waals surface area contributed by atoms with E-state index in [1.165, 1.54) is 6.42 Å². The molecule has 0 aromatic carbocycles. The van der Waals surface area contributed by atoms with Crippen LogP contribution in [0.4, 0.5) is 0 Å². The zero-order valence-electron chi connectivity index (χ0n) is 14.9. The van der Waals surface area contributed by atoms with Gasteiger partial charge in [-0.1, -0.05) is 0 Å². The minimum absolute atomic E-state index is 0. The average molecular weight is 497 g/mol. The van der Waals surface area contributed by atoms with Gasteiger partial charge in [0.05, 0.1) is 30.4 Å². The zero-order valence-corrected chi connectivity index (χ0v) is 18.0. The minimum atomic E-state index is -2.92. The molecule has 148 valence electrons. The fourth-order valence-corrected chi connectivity index (χ4v) is 4.83. The van der Waals surface area contributed by atoms with Crippen molar-refractivity contribution in [2.75, 3.05) is 31.2 Å². The Kier molecular flexibility index (Phi) is 8.68. The van der Waals surface area contributed by atoms with Gasteiger partial charge in [-0.25, -0.2) is 8.42 Å². The lowest BCUT2D eigenvalue weighted by atomic mass is 10.1. The van der Waals surface area contributed by atoms with Crippen molar-refractivity contribution in [2.24, 2.45) is 4.99 Å². The largest absolute Gasteiger partial charge is 0.469 e. The maximum Gasteiger partial charge on any atom is 0.191 e. The third-order valence-corrected chi connectivity index (χ3v) is 6.31. The summed E-state index contributed by atoms with van der Waals surface area (Å²) in [6.07, 6.45) is 6.51. The molecule has 26 heavy (non-hydrogen) atoms. The first-order valence-electron chi connectivity index (χ1n) is 9.00. The Morgan fingerprint density at radius 1 is 1.31 bits per heavy atom. The lowest BCUT2D eigenvalue weighted by molar-refractivity contribution is 0.0224. The van der Waals surface area contributed by atoms with Gasteiger partial charge in [-0.05, 0) is 37.8 Å². The van der Waals surface area contributed by atoms with Crippen LogP contribution in [-0.4, -0.2) is 57.7 Å². The second kappa shape index (κ2) is 10.5. The molecular formula is C17H28IN3O4S. The minimum Gasteiger partial charge on any atom is -0.469 e. The molecule has 2 aliphatic heterocycles. The molecule has 2 atom stereocenters. The smallest absolute Gasteiger partial charge is 0.191 e. The summed E-state index contributed by atoms with van der Waals surface area (Å²) in [6.45, 7) is 2.07. The Balaban J connectivity index is 0.00000243. The third kappa shape index (κ3) is 7.07. The zero-order chi connectivity index (χ0) is 17.5. The summed E-state index contributed by atoms with van der Waals surface area (Å²) in [4.78, 5) is 4.62. The molecule has 2 N–H and O–H groups in total. The molecule has 1 aromatic rings. The van der Waals surface area contributed by atoms with Gasteiger partial charge in [0.1, 0.15) is 5.76 Å². The summed E-state index contributed by atoms with van der Waals surface area (Å²) in [6, 6.07) is 3.73. The number of rotatable bonds is 6. The molecule has 1 aromatic heterocycles. The van der Waals surface area contributed by atoms with Crippen LogP contribution < -0.4 is 10.6 Å². The number of hydrogen-bond donors (Lipinski definition) is 2. The van der Waals surface area contributed by atoms with Gasteiger partial charge in [0, 0.05) is 25.6 Å². The van der Waals surface area contributed by atoms with E-state index in [9.17, 15) is 8.42 Å². The number of nitrogens with one attached hydrogen (secondary N) is 2. The number of aliphatic imine (C=N–C) groups is 1. The van der Waals surface area contributed by atoms with Crippen molar-refractivity contribution in [2.45, 2.75) is 44.2 Å². The van der Waals surface area contributed by atoms with Crippen LogP contribution in [-0.2, 0) is 21.0 Å². The number of furan rings is 1. The molecule has 0 spiro atoms. The van der Waals surface area contributed by atoms with Crippen LogP contribution >= 0.6 is 24.0 Å². The molecule has 3 rings (SSSR count). The van der Waals surface area contributed by atoms with E-state index in [-0.39, 0.29) is 47.6 Å². The fraction of sp³-hybridized carbons (Fsp3) is 0.706. The van der Waals surface area contributed by atoms with E-state index >= 15 is 0 Å². The molecule has 2 unspecified atom stereocenters. The third-order valence-electron chi connectivity index (χ3n) is 4.54. The molecule has 3 heterocycles. The van der Waals surface area contributed by atoms with Gasteiger partial charge in [0.25, 0.3) is 0 Å². The summed E-state index contributed by atoms with van der Waals surface area (Å²) in [5.41, 5.74) is 0. The Morgan fingerprint density at radius 2 is 2.19 bits per heavy atom. The van der Waals surface area contributed by atoms with Crippen molar-refractivity contribution in [1.82, 2.24) is 10.6 Å². The SMILES string of the molecule is I.O=S1(=O)CCC(NC(=NCC2CCCCO2)NCCc2ccco2)C1. The van der Waals surface area contributed by atoms with Crippen LogP contribution in [0.3, 0.4) is 0 Å². The lowest BCUT2D eigenvalue weighted by Crippen LogP contribution is -2.45. The van der Waals surface area contributed by atoms with Gasteiger partial charge in [-0.15, -0.1) is 24.0 Å². The van der Waals surface area contributed by atoms with Gasteiger partial charge >= 0.3 is 0 Å². The summed E-state index contributed by atoms with van der Waals surface area (Å²) >= 11 is 0. The molecule has 0 radical (unpaired) electrons. The first-order valence-corrected chi connectivity index (χ1v) is 10.8. The van der Waals surface area contributed by atoms with E-state index in [2.05, 4.69) is 15.6 Å². The summed E-state index contributed by atoms with van der Waals surface area (Å²) in [7, 11) is -2.92. The van der Waals surface area contributed by atoms with Crippen LogP contribution in [0.25, 0.3) is 0 Å². The van der Waals surface area contributed by atoms with Crippen LogP contribution in [0, 0.1) is 0 Å². The van der Waals surface area contributed by atoms with Crippen LogP contribution in [0.2, 0.25) is 0 Å². The van der Waals surface area contributed by atoms with Gasteiger partial charge < -0.3 is 19.8 Å². The summed E-state index contributed by atoms with van der Waals surface area (Å²) < 4.78 is 34.4. The molecule has 0 aliphatic carbocycles. The highest BCUT2D eigenvalue weighted by Gasteiger charge is 2.28. The summed E-state index contributed by atoms with van der Waals surface area (Å²) in [5.74, 6) is 1.98. The van der Waals surface area contributed by atoms with Gasteiger partial charge in [-0.2, -0.15) is 0 Å². The number of nitrogens with zero attached hydrogens (tertiary/aromatic N) is 1. The van der Waals surface area contributed by atoms with Crippen molar-refractivity contribution in [3.63, 3.8) is 0 Å². The van der Waals surface area contributed by atoms with Gasteiger partial charge in [-0.3, -0.25) is 4.99 Å². The van der Waals surface area contributed by atoms with Gasteiger partial charge in [0.15, 0.2) is 15.8 Å². The molecule has 0 bridgehead atoms. The van der Waals surface area contributed by atoms with Crippen molar-refractivity contribution >= 4 is 39.8 Å². The number of hydrogen-bond acceptors (Lipinski definition) is 5. The quantitative estimate of drug-likeness (QED) is 0.354. The maximum atomic E-state index is 11.7. The van der Waals surface area contributed by atoms with E-state index in [0.29, 0.717) is 25.5 Å². The van der Waals surface area contributed by atoms with Crippen molar-refractivity contribution < 1.29 is 17.6 Å². The number of halogens is 1. The van der Waals surface area contributed by atoms with Gasteiger partial charge in [0.2, 0.25) is 0 Å². The predicted molar refractivity (Wildman–Crippen MR) is 112 cm³/mol. The van der Waals surface area contributed by atoms with E-state index in [1.54, 1.807) is 6.26 Å². The second-order valence-electron chi connectivity index (χ2n) is 6.68. The molecule has 2 aliphatic rings. The highest BCUT2D eigenvalue weighted by atomic mass is 127. The average Bonchev–Trinajstić information content (AvgIpc) is 3.23. The van der Waals surface area contributed by atoms with Crippen molar-refractivity contribution in [3.05, 3.63) is 24.2 Å². The summed E-state index contributed by atoms with van der Waals surface area (Å²) in [5, 5.41) is 6.55. The first-order chi connectivity index (χ1) is 12.1.